The van der Waals surface area contributed by atoms with Crippen LogP contribution in [0.15, 0.2) is 131 Å². The van der Waals surface area contributed by atoms with Crippen molar-refractivity contribution in [3.63, 3.8) is 0 Å². The first-order chi connectivity index (χ1) is 33.5. The summed E-state index contributed by atoms with van der Waals surface area (Å²) in [7, 11) is -4.41. The number of carbonyl (C=O) groups excluding carboxylic acids is 2. The molecule has 8 rings (SSSR count). The van der Waals surface area contributed by atoms with E-state index in [4.69, 9.17) is 23.2 Å². The van der Waals surface area contributed by atoms with Crippen molar-refractivity contribution in [3.8, 4) is 22.9 Å². The third kappa shape index (κ3) is 13.9. The van der Waals surface area contributed by atoms with Crippen molar-refractivity contribution in [3.05, 3.63) is 134 Å². The van der Waals surface area contributed by atoms with Crippen LogP contribution in [0.1, 0.15) is 33.2 Å². The minimum absolute atomic E-state index is 0.235. The van der Waals surface area contributed by atoms with E-state index in [9.17, 15) is 49.1 Å². The quantitative estimate of drug-likeness (QED) is 0.0534. The van der Waals surface area contributed by atoms with Gasteiger partial charge in [0.1, 0.15) is 48.1 Å². The lowest BCUT2D eigenvalue weighted by atomic mass is 10.1. The third-order valence-electron chi connectivity index (χ3n) is 10.3. The summed E-state index contributed by atoms with van der Waals surface area (Å²) in [5.74, 6) is 0.157. The van der Waals surface area contributed by atoms with Crippen molar-refractivity contribution in [1.82, 2.24) is 9.97 Å². The second kappa shape index (κ2) is 24.2. The highest BCUT2D eigenvalue weighted by Gasteiger charge is 2.49. The maximum Gasteiger partial charge on any atom is 0.473 e. The summed E-state index contributed by atoms with van der Waals surface area (Å²) in [6, 6.07) is 20.3. The molecule has 0 aliphatic carbocycles. The number of benzene rings is 2. The van der Waals surface area contributed by atoms with Crippen LogP contribution in [-0.4, -0.2) is 123 Å². The summed E-state index contributed by atoms with van der Waals surface area (Å²) in [5, 5.41) is 55.3. The van der Waals surface area contributed by atoms with Gasteiger partial charge in [-0.25, -0.2) is 14.5 Å². The van der Waals surface area contributed by atoms with Crippen LogP contribution in [-0.2, 0) is 36.7 Å². The number of aliphatic hydroxyl groups excluding tert-OH is 5. The Balaban J connectivity index is 0.000000200. The Bertz CT molecular complexity index is 2690. The number of nitrogens with one attached hydrogen (secondary N) is 2. The van der Waals surface area contributed by atoms with Gasteiger partial charge in [0, 0.05) is 56.0 Å². The van der Waals surface area contributed by atoms with Crippen LogP contribution in [0.3, 0.4) is 0 Å². The van der Waals surface area contributed by atoms with Gasteiger partial charge in [0.2, 0.25) is 11.8 Å². The topological polar surface area (TPSA) is 352 Å². The van der Waals surface area contributed by atoms with E-state index in [1.807, 2.05) is 0 Å². The van der Waals surface area contributed by atoms with Gasteiger partial charge >= 0.3 is 7.82 Å². The van der Waals surface area contributed by atoms with Gasteiger partial charge in [-0.3, -0.25) is 27.7 Å². The molecular weight excluding hydrogens is 966 g/mol. The molecule has 6 heterocycles. The fourth-order valence-corrected chi connectivity index (χ4v) is 7.51. The molecule has 1 unspecified atom stereocenters. The molecule has 27 heteroatoms. The number of anilines is 2. The Morgan fingerprint density at radius 1 is 0.671 bits per heavy atom. The van der Waals surface area contributed by atoms with Crippen LogP contribution in [0, 0.1) is 0 Å². The lowest BCUT2D eigenvalue weighted by Crippen LogP contribution is -2.46. The van der Waals surface area contributed by atoms with Crippen molar-refractivity contribution in [2.24, 2.45) is 0 Å². The number of oxazole rings is 2. The van der Waals surface area contributed by atoms with Gasteiger partial charge in [0.25, 0.3) is 32.1 Å². The first-order valence-electron chi connectivity index (χ1n) is 20.7. The van der Waals surface area contributed by atoms with Crippen LogP contribution < -0.4 is 24.7 Å². The summed E-state index contributed by atoms with van der Waals surface area (Å²) in [6.07, 6.45) is 2.60. The van der Waals surface area contributed by atoms with Gasteiger partial charge in [0.05, 0.1) is 25.6 Å². The van der Waals surface area contributed by atoms with Gasteiger partial charge in [-0.15, -0.1) is 0 Å². The molecule has 2 amide bonds. The van der Waals surface area contributed by atoms with Gasteiger partial charge in [0.15, 0.2) is 37.0 Å². The summed E-state index contributed by atoms with van der Waals surface area (Å²) >= 11 is 0. The Morgan fingerprint density at radius 2 is 1.09 bits per heavy atom. The summed E-state index contributed by atoms with van der Waals surface area (Å²) in [6.45, 7) is -1.10. The minimum Gasteiger partial charge on any atom is -0.756 e. The van der Waals surface area contributed by atoms with Gasteiger partial charge in [-0.2, -0.15) is 9.13 Å². The number of hydrogen-bond donors (Lipinski definition) is 8. The number of nitrogens with zero attached hydrogens (tertiary/aromatic N) is 4. The Labute approximate surface area is 398 Å². The van der Waals surface area contributed by atoms with Gasteiger partial charge in [-0.1, -0.05) is 0 Å². The number of ether oxygens (including phenoxy) is 2. The molecule has 2 aliphatic heterocycles. The second-order valence-corrected chi connectivity index (χ2v) is 18.0. The minimum atomic E-state index is -5.02. The molecule has 4 aromatic heterocycles. The molecule has 0 spiro atoms. The van der Waals surface area contributed by atoms with Crippen LogP contribution >= 0.6 is 15.6 Å². The predicted octanol–water partition coefficient (Wildman–Crippen LogP) is 1.50. The van der Waals surface area contributed by atoms with E-state index in [-0.39, 0.29) is 11.5 Å². The average molecular weight is 1020 g/mol. The fourth-order valence-electron chi connectivity index (χ4n) is 6.73. The number of phosphoric acid groups is 2. The zero-order chi connectivity index (χ0) is 50.6. The van der Waals surface area contributed by atoms with Gasteiger partial charge in [-0.05, 0) is 60.7 Å². The zero-order valence-corrected chi connectivity index (χ0v) is 39.0. The lowest BCUT2D eigenvalue weighted by molar-refractivity contribution is -0.766. The van der Waals surface area contributed by atoms with Crippen LogP contribution in [0.2, 0.25) is 0 Å². The number of rotatable bonds is 15. The molecule has 8 N–H and O–H groups in total. The number of amides is 2. The highest BCUT2D eigenvalue weighted by molar-refractivity contribution is 7.48. The predicted molar refractivity (Wildman–Crippen MR) is 236 cm³/mol. The maximum atomic E-state index is 12.7. The molecule has 374 valence electrons. The largest absolute Gasteiger partial charge is 0.756 e. The SMILES string of the molecule is COP(=O)(OC)OC.O=C(Nc1ccc(-c2ncco2)cc1)c1ccc[n+]([C@@H]2O[C@H](CO)[C@@H](O)[C@H]2O)c1.O=C(Nc1ccc(-c2ncco2)cc1)c1ccc[n+]([C@@H]2O[C@H](COP(=O)([O-])O)[C@@H](O)[C@H]2O)c1. The van der Waals surface area contributed by atoms with E-state index in [0.717, 1.165) is 11.1 Å². The van der Waals surface area contributed by atoms with Crippen LogP contribution in [0.25, 0.3) is 22.9 Å². The third-order valence-corrected chi connectivity index (χ3v) is 12.1. The molecule has 2 aliphatic rings. The average Bonchev–Trinajstić information content (AvgIpc) is 4.21. The first kappa shape index (κ1) is 53.4. The van der Waals surface area contributed by atoms with Crippen molar-refractivity contribution in [2.45, 2.75) is 49.1 Å². The smallest absolute Gasteiger partial charge is 0.473 e. The highest BCUT2D eigenvalue weighted by atomic mass is 31.2. The summed E-state index contributed by atoms with van der Waals surface area (Å²) in [5.41, 5.74) is 3.22. The van der Waals surface area contributed by atoms with E-state index >= 15 is 0 Å². The van der Waals surface area contributed by atoms with Gasteiger partial charge < -0.3 is 68.8 Å². The van der Waals surface area contributed by atoms with Crippen molar-refractivity contribution in [2.75, 3.05) is 45.2 Å². The number of aliphatic hydroxyl groups is 5. The summed E-state index contributed by atoms with van der Waals surface area (Å²) < 4.78 is 63.0. The normalized spacial score (nSPS) is 22.7. The number of hydrogen-bond acceptors (Lipinski definition) is 20. The van der Waals surface area contributed by atoms with Crippen LogP contribution in [0.5, 0.6) is 0 Å². The lowest BCUT2D eigenvalue weighted by Gasteiger charge is -2.19. The Hall–Kier alpha value is -5.96. The monoisotopic (exact) mass is 1020 g/mol. The first-order valence-corrected chi connectivity index (χ1v) is 23.7. The highest BCUT2D eigenvalue weighted by Crippen LogP contribution is 2.46. The Morgan fingerprint density at radius 3 is 1.43 bits per heavy atom. The molecule has 0 radical (unpaired) electrons. The van der Waals surface area contributed by atoms with Crippen molar-refractivity contribution < 1.29 is 99.6 Å². The number of carbonyl (C=O) groups is 2. The van der Waals surface area contributed by atoms with E-state index < -0.39 is 83.8 Å². The number of aromatic nitrogens is 4. The van der Waals surface area contributed by atoms with Crippen LogP contribution in [0.4, 0.5) is 11.4 Å². The second-order valence-electron chi connectivity index (χ2n) is 14.9. The standard InChI is InChI=1S/C20H20N3O9P.C20H19N3O6.C3H9O4P/c24-16-15(11-31-33(27,28)29)32-20(17(16)25)23-8-1-2-13(10-23)18(26)22-14-5-3-12(4-6-14)19-21-7-9-30-19;24-11-15-16(25)17(26)20(29-15)23-8-1-2-13(10-23)18(27)22-14-5-3-12(4-6-14)19-21-7-9-28-19;1-5-8(4,6-2)7-3/h1-10,15-17,20,24-25H,11H2,(H2-,21,22,26,27,28,29);1-10,15-17,20,24-26H,11H2;1-3H3/p+1/t2*15-,16-,17-,20-;/m11./s1. The molecule has 25 nitrogen and oxygen atoms in total. The molecule has 2 fully saturated rings. The fraction of sp³-hybridized carbons (Fsp3) is 0.302. The number of pyridine rings is 2. The van der Waals surface area contributed by atoms with Crippen molar-refractivity contribution in [1.29, 1.82) is 0 Å². The molecule has 2 aromatic carbocycles. The van der Waals surface area contributed by atoms with E-state index in [1.54, 1.807) is 85.2 Å². The molecular formula is C43H49N6O19P2+. The molecule has 0 saturated carbocycles. The molecule has 9 atom stereocenters. The molecule has 70 heavy (non-hydrogen) atoms. The molecule has 6 aromatic rings. The summed E-state index contributed by atoms with van der Waals surface area (Å²) in [4.78, 5) is 52.9. The Kier molecular flexibility index (Phi) is 18.5. The molecule has 2 saturated heterocycles. The van der Waals surface area contributed by atoms with E-state index in [2.05, 4.69) is 38.7 Å². The zero-order valence-electron chi connectivity index (χ0n) is 37.3. The maximum absolute atomic E-state index is 12.7. The van der Waals surface area contributed by atoms with E-state index in [1.165, 1.54) is 67.8 Å². The van der Waals surface area contributed by atoms with E-state index in [0.29, 0.717) is 28.7 Å². The number of phosphoric ester groups is 2. The molecule has 0 bridgehead atoms. The van der Waals surface area contributed by atoms with Crippen molar-refractivity contribution >= 4 is 38.8 Å².